The van der Waals surface area contributed by atoms with E-state index in [0.717, 1.165) is 29.3 Å². The Labute approximate surface area is 67.6 Å². The van der Waals surface area contributed by atoms with E-state index in [0.29, 0.717) is 0 Å². The van der Waals surface area contributed by atoms with Gasteiger partial charge in [0.2, 0.25) is 0 Å². The Morgan fingerprint density at radius 2 is 2.56 bits per heavy atom. The van der Waals surface area contributed by atoms with Crippen LogP contribution in [0, 0.1) is 5.41 Å². The van der Waals surface area contributed by atoms with E-state index < -0.39 is 0 Å². The predicted molar refractivity (Wildman–Crippen MR) is 45.6 cm³/mol. The van der Waals surface area contributed by atoms with Gasteiger partial charge < -0.3 is 4.90 Å². The number of nitrogens with zero attached hydrogens (tertiary/aromatic N) is 1. The van der Waals surface area contributed by atoms with Crippen LogP contribution in [0.2, 0.25) is 0 Å². The predicted octanol–water partition coefficient (Wildman–Crippen LogP) is 1.36. The standard InChI is InChI=1S/C5H9BrN2S/c6-1-2-8-3-4-9-5(8)7/h7H,1-4H2. The summed E-state index contributed by atoms with van der Waals surface area (Å²) in [5.41, 5.74) is 0. The molecule has 1 heterocycles. The summed E-state index contributed by atoms with van der Waals surface area (Å²) in [5, 5.41) is 9.08. The Hall–Kier alpha value is 0.300. The molecular weight excluding hydrogens is 200 g/mol. The SMILES string of the molecule is N=C1SCCN1CCBr. The van der Waals surface area contributed by atoms with E-state index in [9.17, 15) is 0 Å². The Balaban J connectivity index is 2.31. The highest BCUT2D eigenvalue weighted by Gasteiger charge is 2.15. The number of hydrogen-bond donors (Lipinski definition) is 1. The molecule has 1 N–H and O–H groups in total. The molecule has 0 amide bonds. The maximum atomic E-state index is 7.38. The minimum absolute atomic E-state index is 0.731. The molecule has 1 saturated heterocycles. The average Bonchev–Trinajstić information content (AvgIpc) is 2.18. The summed E-state index contributed by atoms with van der Waals surface area (Å²) in [4.78, 5) is 2.08. The summed E-state index contributed by atoms with van der Waals surface area (Å²) in [7, 11) is 0. The Bertz CT molecular complexity index is 118. The molecule has 9 heavy (non-hydrogen) atoms. The van der Waals surface area contributed by atoms with Crippen molar-refractivity contribution in [2.45, 2.75) is 0 Å². The van der Waals surface area contributed by atoms with Crippen molar-refractivity contribution in [3.05, 3.63) is 0 Å². The molecule has 1 rings (SSSR count). The lowest BCUT2D eigenvalue weighted by Crippen LogP contribution is -2.25. The van der Waals surface area contributed by atoms with Crippen molar-refractivity contribution in [1.82, 2.24) is 4.90 Å². The van der Waals surface area contributed by atoms with Crippen LogP contribution in [0.1, 0.15) is 0 Å². The molecule has 0 aromatic heterocycles. The first-order chi connectivity index (χ1) is 4.34. The molecule has 0 aromatic carbocycles. The third-order valence-corrected chi connectivity index (χ3v) is 2.51. The van der Waals surface area contributed by atoms with E-state index in [1.54, 1.807) is 11.8 Å². The van der Waals surface area contributed by atoms with Gasteiger partial charge in [-0.25, -0.2) is 0 Å². The molecule has 0 aliphatic carbocycles. The van der Waals surface area contributed by atoms with Crippen molar-refractivity contribution in [1.29, 1.82) is 5.41 Å². The first kappa shape index (κ1) is 7.41. The fourth-order valence-electron chi connectivity index (χ4n) is 0.761. The summed E-state index contributed by atoms with van der Waals surface area (Å²) in [6.45, 7) is 2.03. The molecule has 2 nitrogen and oxygen atoms in total. The molecule has 0 aromatic rings. The minimum Gasteiger partial charge on any atom is -0.350 e. The Morgan fingerprint density at radius 3 is 3.00 bits per heavy atom. The van der Waals surface area contributed by atoms with Crippen molar-refractivity contribution in [2.75, 3.05) is 24.2 Å². The molecule has 52 valence electrons. The largest absolute Gasteiger partial charge is 0.350 e. The van der Waals surface area contributed by atoms with Crippen LogP contribution in [0.3, 0.4) is 0 Å². The zero-order valence-corrected chi connectivity index (χ0v) is 7.46. The summed E-state index contributed by atoms with van der Waals surface area (Å²) >= 11 is 4.97. The van der Waals surface area contributed by atoms with Gasteiger partial charge in [-0.2, -0.15) is 0 Å². The van der Waals surface area contributed by atoms with Crippen molar-refractivity contribution in [2.24, 2.45) is 0 Å². The topological polar surface area (TPSA) is 27.1 Å². The van der Waals surface area contributed by atoms with Gasteiger partial charge in [0.1, 0.15) is 0 Å². The van der Waals surface area contributed by atoms with Gasteiger partial charge in [0.05, 0.1) is 0 Å². The van der Waals surface area contributed by atoms with Crippen molar-refractivity contribution >= 4 is 32.9 Å². The third-order valence-electron chi connectivity index (χ3n) is 1.24. The minimum atomic E-state index is 0.731. The molecule has 0 spiro atoms. The van der Waals surface area contributed by atoms with E-state index in [-0.39, 0.29) is 0 Å². The number of alkyl halides is 1. The first-order valence-corrected chi connectivity index (χ1v) is 4.97. The number of halogens is 1. The summed E-state index contributed by atoms with van der Waals surface area (Å²) < 4.78 is 0. The monoisotopic (exact) mass is 208 g/mol. The van der Waals surface area contributed by atoms with Gasteiger partial charge in [-0.3, -0.25) is 5.41 Å². The van der Waals surface area contributed by atoms with Crippen LogP contribution in [0.4, 0.5) is 0 Å². The molecule has 1 aliphatic heterocycles. The molecule has 0 atom stereocenters. The number of hydrogen-bond acceptors (Lipinski definition) is 2. The van der Waals surface area contributed by atoms with E-state index in [1.165, 1.54) is 0 Å². The van der Waals surface area contributed by atoms with E-state index in [2.05, 4.69) is 20.8 Å². The van der Waals surface area contributed by atoms with Gasteiger partial charge in [0, 0.05) is 24.2 Å². The van der Waals surface area contributed by atoms with Gasteiger partial charge in [0.25, 0.3) is 0 Å². The Morgan fingerprint density at radius 1 is 1.78 bits per heavy atom. The van der Waals surface area contributed by atoms with Gasteiger partial charge in [0.15, 0.2) is 5.17 Å². The van der Waals surface area contributed by atoms with Gasteiger partial charge >= 0.3 is 0 Å². The zero-order chi connectivity index (χ0) is 6.69. The smallest absolute Gasteiger partial charge is 0.156 e. The highest BCUT2D eigenvalue weighted by molar-refractivity contribution is 9.09. The van der Waals surface area contributed by atoms with E-state index >= 15 is 0 Å². The van der Waals surface area contributed by atoms with Crippen LogP contribution >= 0.6 is 27.7 Å². The number of nitrogens with one attached hydrogen (secondary N) is 1. The van der Waals surface area contributed by atoms with Crippen LogP contribution in [-0.2, 0) is 0 Å². The quantitative estimate of drug-likeness (QED) is 0.695. The number of thioether (sulfide) groups is 1. The summed E-state index contributed by atoms with van der Waals surface area (Å²) in [6, 6.07) is 0. The highest BCUT2D eigenvalue weighted by Crippen LogP contribution is 2.15. The fraction of sp³-hybridized carbons (Fsp3) is 0.800. The Kier molecular flexibility index (Phi) is 2.85. The van der Waals surface area contributed by atoms with Crippen LogP contribution in [0.5, 0.6) is 0 Å². The maximum Gasteiger partial charge on any atom is 0.156 e. The van der Waals surface area contributed by atoms with Crippen LogP contribution in [0.25, 0.3) is 0 Å². The van der Waals surface area contributed by atoms with Gasteiger partial charge in [-0.15, -0.1) is 0 Å². The van der Waals surface area contributed by atoms with E-state index in [1.807, 2.05) is 0 Å². The summed E-state index contributed by atoms with van der Waals surface area (Å²) in [5.74, 6) is 1.09. The molecular formula is C5H9BrN2S. The first-order valence-electron chi connectivity index (χ1n) is 2.87. The van der Waals surface area contributed by atoms with Crippen LogP contribution in [-0.4, -0.2) is 34.2 Å². The van der Waals surface area contributed by atoms with Gasteiger partial charge in [-0.1, -0.05) is 27.7 Å². The number of rotatable bonds is 2. The zero-order valence-electron chi connectivity index (χ0n) is 5.06. The molecule has 0 bridgehead atoms. The lowest BCUT2D eigenvalue weighted by molar-refractivity contribution is 0.491. The van der Waals surface area contributed by atoms with Crippen LogP contribution < -0.4 is 0 Å². The molecule has 0 radical (unpaired) electrons. The fourth-order valence-corrected chi connectivity index (χ4v) is 2.06. The second-order valence-electron chi connectivity index (χ2n) is 1.83. The maximum absolute atomic E-state index is 7.38. The van der Waals surface area contributed by atoms with Crippen molar-refractivity contribution < 1.29 is 0 Å². The average molecular weight is 209 g/mol. The second kappa shape index (κ2) is 3.46. The van der Waals surface area contributed by atoms with Crippen molar-refractivity contribution in [3.63, 3.8) is 0 Å². The molecule has 1 aliphatic rings. The lowest BCUT2D eigenvalue weighted by atomic mass is 10.6. The normalized spacial score (nSPS) is 19.2. The van der Waals surface area contributed by atoms with Gasteiger partial charge in [-0.05, 0) is 0 Å². The third kappa shape index (κ3) is 1.86. The number of amidine groups is 1. The van der Waals surface area contributed by atoms with E-state index in [4.69, 9.17) is 5.41 Å². The molecule has 1 fully saturated rings. The lowest BCUT2D eigenvalue weighted by Gasteiger charge is -2.13. The second-order valence-corrected chi connectivity index (χ2v) is 3.71. The summed E-state index contributed by atoms with van der Waals surface area (Å²) in [6.07, 6.45) is 0. The molecule has 4 heteroatoms. The molecule has 0 saturated carbocycles. The highest BCUT2D eigenvalue weighted by atomic mass is 79.9. The van der Waals surface area contributed by atoms with Crippen LogP contribution in [0.15, 0.2) is 0 Å². The molecule has 0 unspecified atom stereocenters. The van der Waals surface area contributed by atoms with Crippen molar-refractivity contribution in [3.8, 4) is 0 Å².